The standard InChI is InChI=1S/C19H29N3O2S/c1-7-14(3)22-17(20-19(4,5)6)25-13-21(18(22)23)15-9-11-16(12-10-15)24-8-2/h9-12,14H,7-8,13H2,1-6H3/b20-17-. The van der Waals surface area contributed by atoms with Crippen molar-refractivity contribution >= 4 is 28.6 Å². The average molecular weight is 364 g/mol. The van der Waals surface area contributed by atoms with Gasteiger partial charge in [-0.3, -0.25) is 14.8 Å². The number of urea groups is 1. The summed E-state index contributed by atoms with van der Waals surface area (Å²) in [6.07, 6.45) is 0.882. The number of nitrogens with zero attached hydrogens (tertiary/aromatic N) is 3. The summed E-state index contributed by atoms with van der Waals surface area (Å²) in [7, 11) is 0. The monoisotopic (exact) mass is 363 g/mol. The summed E-state index contributed by atoms with van der Waals surface area (Å²) < 4.78 is 5.49. The first-order valence-corrected chi connectivity index (χ1v) is 9.81. The highest BCUT2D eigenvalue weighted by molar-refractivity contribution is 8.14. The number of anilines is 1. The van der Waals surface area contributed by atoms with Crippen LogP contribution in [-0.2, 0) is 0 Å². The lowest BCUT2D eigenvalue weighted by atomic mass is 10.1. The molecule has 0 N–H and O–H groups in total. The van der Waals surface area contributed by atoms with Gasteiger partial charge in [0.15, 0.2) is 5.17 Å². The van der Waals surface area contributed by atoms with Gasteiger partial charge in [-0.1, -0.05) is 18.7 Å². The third-order valence-corrected chi connectivity index (χ3v) is 4.82. The predicted octanol–water partition coefficient (Wildman–Crippen LogP) is 4.97. The molecule has 0 radical (unpaired) electrons. The highest BCUT2D eigenvalue weighted by Crippen LogP contribution is 2.30. The number of amidine groups is 1. The molecule has 6 heteroatoms. The van der Waals surface area contributed by atoms with Crippen molar-refractivity contribution < 1.29 is 9.53 Å². The van der Waals surface area contributed by atoms with Crippen molar-refractivity contribution in [1.29, 1.82) is 0 Å². The van der Waals surface area contributed by atoms with E-state index in [0.29, 0.717) is 12.5 Å². The zero-order valence-corrected chi connectivity index (χ0v) is 16.9. The third-order valence-electron chi connectivity index (χ3n) is 3.89. The number of hydrogen-bond donors (Lipinski definition) is 0. The minimum absolute atomic E-state index is 0.0136. The first-order valence-electron chi connectivity index (χ1n) is 8.83. The summed E-state index contributed by atoms with van der Waals surface area (Å²) in [5.74, 6) is 1.38. The van der Waals surface area contributed by atoms with Gasteiger partial charge in [-0.15, -0.1) is 0 Å². The van der Waals surface area contributed by atoms with Gasteiger partial charge in [0.25, 0.3) is 0 Å². The number of amides is 2. The number of rotatable bonds is 5. The molecule has 0 aliphatic carbocycles. The predicted molar refractivity (Wildman–Crippen MR) is 107 cm³/mol. The second kappa shape index (κ2) is 8.13. The molecule has 25 heavy (non-hydrogen) atoms. The van der Waals surface area contributed by atoms with Gasteiger partial charge < -0.3 is 4.74 Å². The van der Waals surface area contributed by atoms with Crippen LogP contribution in [-0.4, -0.2) is 40.2 Å². The van der Waals surface area contributed by atoms with E-state index >= 15 is 0 Å². The highest BCUT2D eigenvalue weighted by Gasteiger charge is 2.35. The van der Waals surface area contributed by atoms with Crippen molar-refractivity contribution in [1.82, 2.24) is 4.90 Å². The molecule has 1 heterocycles. The Labute approximate surface area is 155 Å². The van der Waals surface area contributed by atoms with Gasteiger partial charge in [-0.25, -0.2) is 4.79 Å². The topological polar surface area (TPSA) is 45.1 Å². The Morgan fingerprint density at radius 3 is 2.40 bits per heavy atom. The second-order valence-corrected chi connectivity index (χ2v) is 8.02. The molecule has 1 unspecified atom stereocenters. The zero-order valence-electron chi connectivity index (χ0n) is 16.1. The molecule has 2 rings (SSSR count). The molecule has 1 aliphatic rings. The van der Waals surface area contributed by atoms with Crippen molar-refractivity contribution in [3.05, 3.63) is 24.3 Å². The summed E-state index contributed by atoms with van der Waals surface area (Å²) in [6, 6.07) is 7.77. The van der Waals surface area contributed by atoms with Crippen molar-refractivity contribution in [2.75, 3.05) is 17.4 Å². The lowest BCUT2D eigenvalue weighted by Gasteiger charge is -2.39. The molecular weight excluding hydrogens is 334 g/mol. The van der Waals surface area contributed by atoms with Crippen LogP contribution in [0.15, 0.2) is 29.3 Å². The third kappa shape index (κ3) is 4.91. The zero-order chi connectivity index (χ0) is 18.6. The Balaban J connectivity index is 2.29. The van der Waals surface area contributed by atoms with Gasteiger partial charge >= 0.3 is 6.03 Å². The lowest BCUT2D eigenvalue weighted by molar-refractivity contribution is 0.217. The van der Waals surface area contributed by atoms with Crippen LogP contribution in [0.3, 0.4) is 0 Å². The van der Waals surface area contributed by atoms with Crippen molar-refractivity contribution in [3.63, 3.8) is 0 Å². The number of carbonyl (C=O) groups excluding carboxylic acids is 1. The van der Waals surface area contributed by atoms with Crippen LogP contribution in [0.5, 0.6) is 5.75 Å². The van der Waals surface area contributed by atoms with Gasteiger partial charge in [0, 0.05) is 11.7 Å². The molecule has 1 fully saturated rings. The Bertz CT molecular complexity index is 623. The summed E-state index contributed by atoms with van der Waals surface area (Å²) in [5.41, 5.74) is 0.666. The number of hydrogen-bond acceptors (Lipinski definition) is 4. The van der Waals surface area contributed by atoms with Crippen LogP contribution in [0.1, 0.15) is 48.0 Å². The van der Waals surface area contributed by atoms with Crippen LogP contribution in [0, 0.1) is 0 Å². The molecule has 0 saturated carbocycles. The fraction of sp³-hybridized carbons (Fsp3) is 0.579. The molecule has 1 aromatic rings. The Hall–Kier alpha value is -1.69. The number of ether oxygens (including phenoxy) is 1. The normalized spacial score (nSPS) is 18.6. The lowest BCUT2D eigenvalue weighted by Crippen LogP contribution is -2.54. The maximum Gasteiger partial charge on any atom is 0.331 e. The van der Waals surface area contributed by atoms with E-state index in [1.807, 2.05) is 36.1 Å². The van der Waals surface area contributed by atoms with Gasteiger partial charge in [0.1, 0.15) is 5.75 Å². The van der Waals surface area contributed by atoms with Gasteiger partial charge in [0.05, 0.1) is 18.0 Å². The Morgan fingerprint density at radius 2 is 1.88 bits per heavy atom. The summed E-state index contributed by atoms with van der Waals surface area (Å²) in [4.78, 5) is 21.6. The maximum absolute atomic E-state index is 13.2. The van der Waals surface area contributed by atoms with Crippen LogP contribution < -0.4 is 9.64 Å². The molecule has 0 aromatic heterocycles. The minimum Gasteiger partial charge on any atom is -0.494 e. The Kier molecular flexibility index (Phi) is 6.38. The largest absolute Gasteiger partial charge is 0.494 e. The first-order chi connectivity index (χ1) is 11.8. The minimum atomic E-state index is -0.213. The molecular formula is C19H29N3O2S. The van der Waals surface area contributed by atoms with Crippen molar-refractivity contribution in [2.24, 2.45) is 4.99 Å². The van der Waals surface area contributed by atoms with Gasteiger partial charge in [-0.2, -0.15) is 0 Å². The van der Waals surface area contributed by atoms with E-state index in [-0.39, 0.29) is 17.6 Å². The van der Waals surface area contributed by atoms with E-state index in [1.165, 1.54) is 0 Å². The Morgan fingerprint density at radius 1 is 1.24 bits per heavy atom. The van der Waals surface area contributed by atoms with Crippen LogP contribution in [0.4, 0.5) is 10.5 Å². The molecule has 0 bridgehead atoms. The second-order valence-electron chi connectivity index (χ2n) is 7.10. The highest BCUT2D eigenvalue weighted by atomic mass is 32.2. The molecule has 1 aromatic carbocycles. The van der Waals surface area contributed by atoms with Crippen LogP contribution in [0.2, 0.25) is 0 Å². The van der Waals surface area contributed by atoms with E-state index in [4.69, 9.17) is 9.73 Å². The molecule has 1 saturated heterocycles. The molecule has 5 nitrogen and oxygen atoms in total. The van der Waals surface area contributed by atoms with Crippen LogP contribution >= 0.6 is 11.8 Å². The molecule has 138 valence electrons. The number of benzene rings is 1. The van der Waals surface area contributed by atoms with E-state index in [9.17, 15) is 4.79 Å². The fourth-order valence-corrected chi connectivity index (χ4v) is 3.71. The van der Waals surface area contributed by atoms with Crippen molar-refractivity contribution in [3.8, 4) is 5.75 Å². The SMILES string of the molecule is CCOc1ccc(N2CS/C(=N\C(C)(C)C)N(C(C)CC)C2=O)cc1. The fourth-order valence-electron chi connectivity index (χ4n) is 2.47. The maximum atomic E-state index is 13.2. The molecule has 1 aliphatic heterocycles. The molecule has 1 atom stereocenters. The summed E-state index contributed by atoms with van der Waals surface area (Å²) in [6.45, 7) is 12.9. The first kappa shape index (κ1) is 19.6. The van der Waals surface area contributed by atoms with Gasteiger partial charge in [-0.05, 0) is 65.3 Å². The van der Waals surface area contributed by atoms with E-state index in [0.717, 1.165) is 23.0 Å². The smallest absolute Gasteiger partial charge is 0.331 e. The number of aliphatic imine (C=N–C) groups is 1. The number of thioether (sulfide) groups is 1. The van der Waals surface area contributed by atoms with E-state index in [1.54, 1.807) is 16.7 Å². The average Bonchev–Trinajstić information content (AvgIpc) is 2.54. The summed E-state index contributed by atoms with van der Waals surface area (Å²) >= 11 is 1.61. The molecule has 2 amide bonds. The number of carbonyl (C=O) groups is 1. The van der Waals surface area contributed by atoms with Crippen LogP contribution in [0.25, 0.3) is 0 Å². The van der Waals surface area contributed by atoms with Crippen molar-refractivity contribution in [2.45, 2.75) is 59.5 Å². The van der Waals surface area contributed by atoms with E-state index in [2.05, 4.69) is 34.6 Å². The van der Waals surface area contributed by atoms with Gasteiger partial charge in [0.2, 0.25) is 0 Å². The quantitative estimate of drug-likeness (QED) is 0.742. The summed E-state index contributed by atoms with van der Waals surface area (Å²) in [5, 5.41) is 0.814. The molecule has 0 spiro atoms. The van der Waals surface area contributed by atoms with E-state index < -0.39 is 0 Å².